The van der Waals surface area contributed by atoms with Crippen LogP contribution in [0.5, 0.6) is 0 Å². The first-order valence-corrected chi connectivity index (χ1v) is 8.43. The molecule has 0 aromatic heterocycles. The van der Waals surface area contributed by atoms with Gasteiger partial charge in [-0.1, -0.05) is 42.5 Å². The highest BCUT2D eigenvalue weighted by atomic mass is 32.2. The Kier molecular flexibility index (Phi) is 6.69. The van der Waals surface area contributed by atoms with Crippen LogP contribution in [0.4, 0.5) is 5.69 Å². The highest BCUT2D eigenvalue weighted by molar-refractivity contribution is 8.00. The minimum absolute atomic E-state index is 0.128. The average molecular weight is 329 g/mol. The van der Waals surface area contributed by atoms with Crippen molar-refractivity contribution in [2.45, 2.75) is 13.5 Å². The van der Waals surface area contributed by atoms with E-state index in [9.17, 15) is 9.59 Å². The van der Waals surface area contributed by atoms with E-state index in [1.807, 2.05) is 61.5 Å². The molecule has 0 radical (unpaired) electrons. The van der Waals surface area contributed by atoms with Crippen LogP contribution in [0.3, 0.4) is 0 Å². The topological polar surface area (TPSA) is 55.4 Å². The van der Waals surface area contributed by atoms with E-state index in [4.69, 9.17) is 4.74 Å². The Morgan fingerprint density at radius 1 is 1.04 bits per heavy atom. The van der Waals surface area contributed by atoms with Gasteiger partial charge in [0, 0.05) is 5.69 Å². The van der Waals surface area contributed by atoms with Gasteiger partial charge in [-0.05, 0) is 30.2 Å². The van der Waals surface area contributed by atoms with Crippen molar-refractivity contribution in [1.82, 2.24) is 0 Å². The lowest BCUT2D eigenvalue weighted by Gasteiger charge is -2.06. The van der Waals surface area contributed by atoms with Crippen molar-refractivity contribution < 1.29 is 14.3 Å². The number of thioether (sulfide) groups is 1. The fraction of sp³-hybridized carbons (Fsp3) is 0.222. The number of ether oxygens (including phenoxy) is 1. The second kappa shape index (κ2) is 9.00. The van der Waals surface area contributed by atoms with Crippen LogP contribution in [0.25, 0.3) is 0 Å². The van der Waals surface area contributed by atoms with Gasteiger partial charge in [0.25, 0.3) is 0 Å². The summed E-state index contributed by atoms with van der Waals surface area (Å²) in [5, 5.41) is 2.80. The Morgan fingerprint density at radius 3 is 2.57 bits per heavy atom. The quantitative estimate of drug-likeness (QED) is 0.791. The number of nitrogens with one attached hydrogen (secondary N) is 1. The minimum atomic E-state index is -0.317. The molecule has 0 spiro atoms. The summed E-state index contributed by atoms with van der Waals surface area (Å²) < 4.78 is 5.15. The van der Waals surface area contributed by atoms with Crippen LogP contribution < -0.4 is 5.32 Å². The molecule has 0 heterocycles. The molecule has 0 aliphatic rings. The zero-order chi connectivity index (χ0) is 16.5. The fourth-order valence-electron chi connectivity index (χ4n) is 1.93. The van der Waals surface area contributed by atoms with Crippen molar-refractivity contribution in [1.29, 1.82) is 0 Å². The summed E-state index contributed by atoms with van der Waals surface area (Å²) in [6.07, 6.45) is 0. The highest BCUT2D eigenvalue weighted by Gasteiger charge is 2.07. The summed E-state index contributed by atoms with van der Waals surface area (Å²) in [6, 6.07) is 17.1. The van der Waals surface area contributed by atoms with Crippen LogP contribution in [0.2, 0.25) is 0 Å². The Bertz CT molecular complexity index is 658. The third kappa shape index (κ3) is 6.57. The summed E-state index contributed by atoms with van der Waals surface area (Å²) in [7, 11) is 0. The molecule has 0 unspecified atom stereocenters. The van der Waals surface area contributed by atoms with Gasteiger partial charge in [-0.2, -0.15) is 0 Å². The van der Waals surface area contributed by atoms with Gasteiger partial charge in [0.2, 0.25) is 5.91 Å². The predicted molar refractivity (Wildman–Crippen MR) is 93.4 cm³/mol. The molecule has 2 rings (SSSR count). The van der Waals surface area contributed by atoms with Gasteiger partial charge < -0.3 is 10.1 Å². The number of anilines is 1. The van der Waals surface area contributed by atoms with Crippen molar-refractivity contribution in [3.05, 3.63) is 65.7 Å². The lowest BCUT2D eigenvalue weighted by molar-refractivity contribution is -0.141. The van der Waals surface area contributed by atoms with Gasteiger partial charge in [0.1, 0.15) is 6.61 Å². The number of benzene rings is 2. The van der Waals surface area contributed by atoms with Crippen LogP contribution in [0.15, 0.2) is 54.6 Å². The maximum absolute atomic E-state index is 11.8. The van der Waals surface area contributed by atoms with Gasteiger partial charge in [-0.25, -0.2) is 0 Å². The molecule has 0 aliphatic heterocycles. The number of esters is 1. The van der Waals surface area contributed by atoms with Crippen LogP contribution in [-0.4, -0.2) is 23.4 Å². The molecule has 0 saturated heterocycles. The third-order valence-electron chi connectivity index (χ3n) is 3.00. The second-order valence-corrected chi connectivity index (χ2v) is 6.04. The monoisotopic (exact) mass is 329 g/mol. The number of amides is 1. The third-order valence-corrected chi connectivity index (χ3v) is 3.90. The number of hydrogen-bond donors (Lipinski definition) is 1. The minimum Gasteiger partial charge on any atom is -0.460 e. The molecule has 0 atom stereocenters. The SMILES string of the molecule is Cc1cccc(NC(=O)CSCC(=O)OCc2ccccc2)c1. The standard InChI is InChI=1S/C18H19NO3S/c1-14-6-5-9-16(10-14)19-17(20)12-23-13-18(21)22-11-15-7-3-2-4-8-15/h2-10H,11-13H2,1H3,(H,19,20). The lowest BCUT2D eigenvalue weighted by Crippen LogP contribution is -2.16. The van der Waals surface area contributed by atoms with Crippen molar-refractivity contribution in [2.24, 2.45) is 0 Å². The summed E-state index contributed by atoms with van der Waals surface area (Å²) >= 11 is 1.24. The molecule has 1 amide bonds. The van der Waals surface area contributed by atoms with Crippen LogP contribution in [-0.2, 0) is 20.9 Å². The molecule has 2 aromatic carbocycles. The molecule has 4 nitrogen and oxygen atoms in total. The smallest absolute Gasteiger partial charge is 0.316 e. The predicted octanol–water partition coefficient (Wildman–Crippen LogP) is 3.41. The zero-order valence-corrected chi connectivity index (χ0v) is 13.8. The van der Waals surface area contributed by atoms with Crippen molar-refractivity contribution in [2.75, 3.05) is 16.8 Å². The van der Waals surface area contributed by atoms with E-state index >= 15 is 0 Å². The number of carbonyl (C=O) groups excluding carboxylic acids is 2. The Morgan fingerprint density at radius 2 is 1.83 bits per heavy atom. The van der Waals surface area contributed by atoms with Crippen LogP contribution in [0.1, 0.15) is 11.1 Å². The number of aryl methyl sites for hydroxylation is 1. The van der Waals surface area contributed by atoms with E-state index in [2.05, 4.69) is 5.32 Å². The number of hydrogen-bond acceptors (Lipinski definition) is 4. The number of carbonyl (C=O) groups is 2. The van der Waals surface area contributed by atoms with Crippen LogP contribution >= 0.6 is 11.8 Å². The lowest BCUT2D eigenvalue weighted by atomic mass is 10.2. The average Bonchev–Trinajstić information content (AvgIpc) is 2.54. The van der Waals surface area contributed by atoms with Crippen molar-refractivity contribution >= 4 is 29.3 Å². The van der Waals surface area contributed by atoms with Crippen molar-refractivity contribution in [3.8, 4) is 0 Å². The molecule has 1 N–H and O–H groups in total. The summed E-state index contributed by atoms with van der Waals surface area (Å²) in [5.41, 5.74) is 2.80. The molecular weight excluding hydrogens is 310 g/mol. The maximum atomic E-state index is 11.8. The molecule has 0 aliphatic carbocycles. The van der Waals surface area contributed by atoms with Gasteiger partial charge >= 0.3 is 5.97 Å². The Balaban J connectivity index is 1.64. The molecule has 0 bridgehead atoms. The summed E-state index contributed by atoms with van der Waals surface area (Å²) in [6.45, 7) is 2.23. The Hall–Kier alpha value is -2.27. The van der Waals surface area contributed by atoms with E-state index in [1.54, 1.807) is 0 Å². The molecular formula is C18H19NO3S. The molecule has 2 aromatic rings. The van der Waals surface area contributed by atoms with Crippen LogP contribution in [0, 0.1) is 6.92 Å². The van der Waals surface area contributed by atoms with E-state index in [1.165, 1.54) is 11.8 Å². The van der Waals surface area contributed by atoms with E-state index < -0.39 is 0 Å². The van der Waals surface area contributed by atoms with Gasteiger partial charge in [0.15, 0.2) is 0 Å². The maximum Gasteiger partial charge on any atom is 0.316 e. The molecule has 23 heavy (non-hydrogen) atoms. The first-order valence-electron chi connectivity index (χ1n) is 7.27. The molecule has 120 valence electrons. The molecule has 0 saturated carbocycles. The van der Waals surface area contributed by atoms with E-state index in [0.29, 0.717) is 0 Å². The molecule has 0 fully saturated rings. The van der Waals surface area contributed by atoms with Gasteiger partial charge in [0.05, 0.1) is 11.5 Å². The fourth-order valence-corrected chi connectivity index (χ4v) is 2.54. The first kappa shape index (κ1) is 17.1. The Labute approximate surface area is 140 Å². The van der Waals surface area contributed by atoms with E-state index in [-0.39, 0.29) is 30.0 Å². The number of rotatable bonds is 7. The first-order chi connectivity index (χ1) is 11.1. The van der Waals surface area contributed by atoms with E-state index in [0.717, 1.165) is 16.8 Å². The largest absolute Gasteiger partial charge is 0.460 e. The van der Waals surface area contributed by atoms with Gasteiger partial charge in [-0.15, -0.1) is 11.8 Å². The molecule has 5 heteroatoms. The normalized spacial score (nSPS) is 10.1. The second-order valence-electron chi connectivity index (χ2n) is 5.06. The highest BCUT2D eigenvalue weighted by Crippen LogP contribution is 2.11. The zero-order valence-electron chi connectivity index (χ0n) is 13.0. The van der Waals surface area contributed by atoms with Crippen molar-refractivity contribution in [3.63, 3.8) is 0 Å². The van der Waals surface area contributed by atoms with Gasteiger partial charge in [-0.3, -0.25) is 9.59 Å². The summed E-state index contributed by atoms with van der Waals surface area (Å²) in [4.78, 5) is 23.4. The summed E-state index contributed by atoms with van der Waals surface area (Å²) in [5.74, 6) is -0.0682.